The number of carboxylic acids is 1. The Labute approximate surface area is 119 Å². The number of carbonyl (C=O) groups excluding carboxylic acids is 1. The fourth-order valence-electron chi connectivity index (χ4n) is 1.22. The molecule has 1 atom stereocenters. The molecule has 1 amide bonds. The fraction of sp³-hybridized carbons (Fsp3) is 0.400. The van der Waals surface area contributed by atoms with Gasteiger partial charge < -0.3 is 9.84 Å². The molecule has 0 aromatic carbocycles. The van der Waals surface area contributed by atoms with Gasteiger partial charge in [-0.25, -0.2) is 9.52 Å². The number of hydrogen-bond donors (Lipinski definition) is 3. The average molecular weight is 322 g/mol. The molecular formula is C10H14N2O6S2. The molecule has 112 valence electrons. The summed E-state index contributed by atoms with van der Waals surface area (Å²) >= 11 is 1.08. The Balaban J connectivity index is 2.78. The highest BCUT2D eigenvalue weighted by Crippen LogP contribution is 2.19. The first-order valence-electron chi connectivity index (χ1n) is 5.48. The van der Waals surface area contributed by atoms with Gasteiger partial charge in [0.15, 0.2) is 6.04 Å². The molecule has 3 N–H and O–H groups in total. The largest absolute Gasteiger partial charge is 0.480 e. The topological polar surface area (TPSA) is 122 Å². The molecule has 0 spiro atoms. The number of amides is 1. The molecule has 0 fully saturated rings. The van der Waals surface area contributed by atoms with E-state index in [1.54, 1.807) is 30.0 Å². The maximum Gasteiger partial charge on any atom is 0.422 e. The molecular weight excluding hydrogens is 308 g/mol. The number of rotatable bonds is 6. The number of carbonyl (C=O) groups is 2. The van der Waals surface area contributed by atoms with Gasteiger partial charge in [0.05, 0.1) is 6.10 Å². The number of hydrogen-bond acceptors (Lipinski definition) is 6. The van der Waals surface area contributed by atoms with Gasteiger partial charge in [0.2, 0.25) is 0 Å². The Kier molecular flexibility index (Phi) is 5.48. The van der Waals surface area contributed by atoms with Crippen molar-refractivity contribution in [2.24, 2.45) is 0 Å². The van der Waals surface area contributed by atoms with Crippen molar-refractivity contribution < 1.29 is 27.9 Å². The van der Waals surface area contributed by atoms with Crippen molar-refractivity contribution in [2.75, 3.05) is 0 Å². The van der Waals surface area contributed by atoms with E-state index in [0.29, 0.717) is 4.88 Å². The third-order valence-corrected chi connectivity index (χ3v) is 3.83. The van der Waals surface area contributed by atoms with Crippen LogP contribution >= 0.6 is 11.3 Å². The number of aliphatic carboxylic acids is 1. The molecule has 1 heterocycles. The van der Waals surface area contributed by atoms with Crippen molar-refractivity contribution in [3.8, 4) is 0 Å². The summed E-state index contributed by atoms with van der Waals surface area (Å²) in [5.41, 5.74) is 0. The van der Waals surface area contributed by atoms with E-state index in [4.69, 9.17) is 5.11 Å². The summed E-state index contributed by atoms with van der Waals surface area (Å²) in [5, 5.41) is 10.6. The zero-order chi connectivity index (χ0) is 15.3. The SMILES string of the molecule is CC(C)OC(=O)NS(=O)(=O)NC(C(=O)O)c1cccs1. The second-order valence-corrected chi connectivity index (χ2v) is 6.39. The summed E-state index contributed by atoms with van der Waals surface area (Å²) in [6.07, 6.45) is -1.68. The standard InChI is InChI=1S/C10H14N2O6S2/c1-6(2)18-10(15)12-20(16,17)11-8(9(13)14)7-4-3-5-19-7/h3-6,8,11H,1-2H3,(H,12,15)(H,13,14). The van der Waals surface area contributed by atoms with E-state index in [1.165, 1.54) is 6.07 Å². The summed E-state index contributed by atoms with van der Waals surface area (Å²) in [5.74, 6) is -1.38. The van der Waals surface area contributed by atoms with Gasteiger partial charge in [-0.05, 0) is 25.3 Å². The van der Waals surface area contributed by atoms with E-state index in [-0.39, 0.29) is 0 Å². The van der Waals surface area contributed by atoms with E-state index in [0.717, 1.165) is 11.3 Å². The van der Waals surface area contributed by atoms with Crippen molar-refractivity contribution in [3.63, 3.8) is 0 Å². The summed E-state index contributed by atoms with van der Waals surface area (Å²) in [7, 11) is -4.35. The highest BCUT2D eigenvalue weighted by Gasteiger charge is 2.28. The van der Waals surface area contributed by atoms with Gasteiger partial charge in [0.25, 0.3) is 0 Å². The third-order valence-electron chi connectivity index (χ3n) is 1.91. The van der Waals surface area contributed by atoms with Crippen LogP contribution in [0.5, 0.6) is 0 Å². The number of ether oxygens (including phenoxy) is 1. The van der Waals surface area contributed by atoms with Gasteiger partial charge in [-0.3, -0.25) is 4.79 Å². The second kappa shape index (κ2) is 6.68. The van der Waals surface area contributed by atoms with Crippen LogP contribution in [0.1, 0.15) is 24.8 Å². The number of carboxylic acid groups (broad SMARTS) is 1. The molecule has 8 nitrogen and oxygen atoms in total. The zero-order valence-electron chi connectivity index (χ0n) is 10.7. The lowest BCUT2D eigenvalue weighted by atomic mass is 10.3. The van der Waals surface area contributed by atoms with Crippen LogP contribution in [-0.4, -0.2) is 31.7 Å². The lowest BCUT2D eigenvalue weighted by Gasteiger charge is -2.14. The average Bonchev–Trinajstić information content (AvgIpc) is 2.76. The van der Waals surface area contributed by atoms with E-state index < -0.39 is 34.4 Å². The van der Waals surface area contributed by atoms with Gasteiger partial charge >= 0.3 is 22.3 Å². The maximum absolute atomic E-state index is 11.7. The zero-order valence-corrected chi connectivity index (χ0v) is 12.3. The molecule has 0 aliphatic heterocycles. The highest BCUT2D eigenvalue weighted by molar-refractivity contribution is 7.88. The molecule has 10 heteroatoms. The van der Waals surface area contributed by atoms with E-state index >= 15 is 0 Å². The maximum atomic E-state index is 11.7. The van der Waals surface area contributed by atoms with Gasteiger partial charge in [-0.2, -0.15) is 13.1 Å². The van der Waals surface area contributed by atoms with Crippen molar-refractivity contribution >= 4 is 33.6 Å². The van der Waals surface area contributed by atoms with Crippen molar-refractivity contribution in [2.45, 2.75) is 26.0 Å². The van der Waals surface area contributed by atoms with Crippen LogP contribution in [0.25, 0.3) is 0 Å². The Morgan fingerprint density at radius 1 is 1.40 bits per heavy atom. The van der Waals surface area contributed by atoms with Crippen molar-refractivity contribution in [3.05, 3.63) is 22.4 Å². The van der Waals surface area contributed by atoms with Crippen LogP contribution in [0.15, 0.2) is 17.5 Å². The Morgan fingerprint density at radius 3 is 2.50 bits per heavy atom. The minimum atomic E-state index is -4.35. The molecule has 0 aliphatic carbocycles. The predicted molar refractivity (Wildman–Crippen MR) is 71.5 cm³/mol. The molecule has 1 rings (SSSR count). The summed E-state index contributed by atoms with van der Waals surface area (Å²) in [4.78, 5) is 22.6. The van der Waals surface area contributed by atoms with Crippen LogP contribution in [0, 0.1) is 0 Å². The van der Waals surface area contributed by atoms with E-state index in [9.17, 15) is 18.0 Å². The predicted octanol–water partition coefficient (Wildman–Crippen LogP) is 0.843. The third kappa shape index (κ3) is 5.15. The highest BCUT2D eigenvalue weighted by atomic mass is 32.2. The van der Waals surface area contributed by atoms with Crippen molar-refractivity contribution in [1.82, 2.24) is 9.44 Å². The smallest absolute Gasteiger partial charge is 0.422 e. The Hall–Kier alpha value is -1.65. The van der Waals surface area contributed by atoms with Crippen LogP contribution in [0.2, 0.25) is 0 Å². The molecule has 0 saturated carbocycles. The molecule has 0 radical (unpaired) electrons. The lowest BCUT2D eigenvalue weighted by Crippen LogP contribution is -2.44. The molecule has 1 aromatic rings. The monoisotopic (exact) mass is 322 g/mol. The Morgan fingerprint density at radius 2 is 2.05 bits per heavy atom. The van der Waals surface area contributed by atoms with E-state index in [2.05, 4.69) is 4.74 Å². The first-order valence-corrected chi connectivity index (χ1v) is 7.84. The normalized spacial score (nSPS) is 12.9. The summed E-state index contributed by atoms with van der Waals surface area (Å²) in [6, 6.07) is 1.59. The second-order valence-electron chi connectivity index (χ2n) is 3.96. The van der Waals surface area contributed by atoms with Crippen molar-refractivity contribution in [1.29, 1.82) is 0 Å². The van der Waals surface area contributed by atoms with E-state index in [1.807, 2.05) is 4.72 Å². The van der Waals surface area contributed by atoms with Gasteiger partial charge in [0.1, 0.15) is 0 Å². The quantitative estimate of drug-likeness (QED) is 0.713. The first kappa shape index (κ1) is 16.4. The molecule has 1 unspecified atom stereocenters. The van der Waals surface area contributed by atoms with Crippen LogP contribution in [0.3, 0.4) is 0 Å². The lowest BCUT2D eigenvalue weighted by molar-refractivity contribution is -0.139. The molecule has 0 bridgehead atoms. The fourth-order valence-corrected chi connectivity index (χ4v) is 2.92. The van der Waals surface area contributed by atoms with Gasteiger partial charge in [0, 0.05) is 4.88 Å². The summed E-state index contributed by atoms with van der Waals surface area (Å²) < 4.78 is 31.4. The minimum absolute atomic E-state index is 0.292. The Bertz CT molecular complexity index is 567. The number of thiophene rings is 1. The summed E-state index contributed by atoms with van der Waals surface area (Å²) in [6.45, 7) is 3.09. The molecule has 20 heavy (non-hydrogen) atoms. The molecule has 1 aromatic heterocycles. The van der Waals surface area contributed by atoms with Gasteiger partial charge in [-0.1, -0.05) is 6.07 Å². The number of nitrogens with one attached hydrogen (secondary N) is 2. The molecule has 0 saturated heterocycles. The van der Waals surface area contributed by atoms with Crippen LogP contribution < -0.4 is 9.44 Å². The van der Waals surface area contributed by atoms with Crippen LogP contribution in [-0.2, 0) is 19.7 Å². The minimum Gasteiger partial charge on any atom is -0.480 e. The first-order chi connectivity index (χ1) is 9.21. The van der Waals surface area contributed by atoms with Gasteiger partial charge in [-0.15, -0.1) is 11.3 Å². The van der Waals surface area contributed by atoms with Crippen LogP contribution in [0.4, 0.5) is 4.79 Å². The molecule has 0 aliphatic rings.